The number of benzene rings is 2. The quantitative estimate of drug-likeness (QED) is 0.585. The van der Waals surface area contributed by atoms with Crippen molar-refractivity contribution in [2.45, 2.75) is 52.1 Å². The minimum Gasteiger partial charge on any atom is -0.497 e. The molecular weight excluding hydrogens is 364 g/mol. The molecule has 0 aliphatic carbocycles. The second-order valence-electron chi connectivity index (χ2n) is 7.21. The highest BCUT2D eigenvalue weighted by Crippen LogP contribution is 2.16. The molecule has 0 unspecified atom stereocenters. The molecular formula is C24H32N2O3. The number of carbonyl (C=O) groups excluding carboxylic acids is 2. The van der Waals surface area contributed by atoms with Crippen LogP contribution in [0.1, 0.15) is 44.2 Å². The topological polar surface area (TPSA) is 58.6 Å². The number of ether oxygens (including phenoxy) is 1. The van der Waals surface area contributed by atoms with Crippen molar-refractivity contribution in [1.82, 2.24) is 10.2 Å². The Kier molecular flexibility index (Phi) is 9.22. The average Bonchev–Trinajstić information content (AvgIpc) is 2.75. The molecule has 0 spiro atoms. The Morgan fingerprint density at radius 1 is 1.00 bits per heavy atom. The molecule has 1 N–H and O–H groups in total. The summed E-state index contributed by atoms with van der Waals surface area (Å²) in [4.78, 5) is 27.4. The zero-order valence-corrected chi connectivity index (χ0v) is 17.7. The molecule has 2 rings (SSSR count). The Morgan fingerprint density at radius 3 is 2.31 bits per heavy atom. The second kappa shape index (κ2) is 11.9. The zero-order valence-electron chi connectivity index (χ0n) is 17.7. The summed E-state index contributed by atoms with van der Waals surface area (Å²) in [6.45, 7) is 4.93. The highest BCUT2D eigenvalue weighted by Gasteiger charge is 2.26. The summed E-state index contributed by atoms with van der Waals surface area (Å²) in [5, 5.41) is 2.97. The maximum Gasteiger partial charge on any atom is 0.242 e. The fourth-order valence-electron chi connectivity index (χ4n) is 3.12. The summed E-state index contributed by atoms with van der Waals surface area (Å²) in [6.07, 6.45) is 3.40. The van der Waals surface area contributed by atoms with Gasteiger partial charge in [0, 0.05) is 13.1 Å². The third kappa shape index (κ3) is 7.26. The fourth-order valence-corrected chi connectivity index (χ4v) is 3.12. The van der Waals surface area contributed by atoms with E-state index in [0.717, 1.165) is 36.1 Å². The van der Waals surface area contributed by atoms with Gasteiger partial charge < -0.3 is 15.0 Å². The lowest BCUT2D eigenvalue weighted by atomic mass is 10.1. The van der Waals surface area contributed by atoms with Crippen molar-refractivity contribution < 1.29 is 14.3 Å². The van der Waals surface area contributed by atoms with Crippen LogP contribution < -0.4 is 10.1 Å². The van der Waals surface area contributed by atoms with Crippen molar-refractivity contribution in [3.05, 3.63) is 65.7 Å². The Bertz CT molecular complexity index is 759. The van der Waals surface area contributed by atoms with Crippen LogP contribution in [0.5, 0.6) is 5.75 Å². The van der Waals surface area contributed by atoms with Gasteiger partial charge >= 0.3 is 0 Å². The molecule has 0 saturated heterocycles. The van der Waals surface area contributed by atoms with Crippen LogP contribution in [0.2, 0.25) is 0 Å². The van der Waals surface area contributed by atoms with Crippen LogP contribution in [-0.2, 0) is 22.6 Å². The largest absolute Gasteiger partial charge is 0.497 e. The Morgan fingerprint density at radius 2 is 1.69 bits per heavy atom. The van der Waals surface area contributed by atoms with E-state index in [1.165, 1.54) is 0 Å². The zero-order chi connectivity index (χ0) is 21.1. The molecule has 2 amide bonds. The summed E-state index contributed by atoms with van der Waals surface area (Å²) in [5.74, 6) is 0.580. The highest BCUT2D eigenvalue weighted by molar-refractivity contribution is 5.88. The number of amides is 2. The molecule has 5 heteroatoms. The molecule has 0 saturated carbocycles. The molecule has 29 heavy (non-hydrogen) atoms. The molecule has 0 aromatic heterocycles. The van der Waals surface area contributed by atoms with Crippen molar-refractivity contribution in [2.24, 2.45) is 0 Å². The lowest BCUT2D eigenvalue weighted by Crippen LogP contribution is -2.48. The summed E-state index contributed by atoms with van der Waals surface area (Å²) < 4.78 is 5.21. The molecule has 0 heterocycles. The predicted octanol–water partition coefficient (Wildman–Crippen LogP) is 3.96. The normalized spacial score (nSPS) is 11.6. The summed E-state index contributed by atoms with van der Waals surface area (Å²) >= 11 is 0. The predicted molar refractivity (Wildman–Crippen MR) is 116 cm³/mol. The molecule has 2 aromatic carbocycles. The maximum absolute atomic E-state index is 13.1. The lowest BCUT2D eigenvalue weighted by Gasteiger charge is -2.29. The van der Waals surface area contributed by atoms with E-state index in [-0.39, 0.29) is 18.2 Å². The Balaban J connectivity index is 2.12. The van der Waals surface area contributed by atoms with E-state index in [9.17, 15) is 9.59 Å². The van der Waals surface area contributed by atoms with Gasteiger partial charge in [-0.15, -0.1) is 0 Å². The van der Waals surface area contributed by atoms with E-state index in [1.54, 1.807) is 18.9 Å². The van der Waals surface area contributed by atoms with Crippen LogP contribution in [0.4, 0.5) is 0 Å². The molecule has 0 bridgehead atoms. The van der Waals surface area contributed by atoms with Crippen LogP contribution in [0.25, 0.3) is 0 Å². The van der Waals surface area contributed by atoms with Crippen LogP contribution in [0.3, 0.4) is 0 Å². The van der Waals surface area contributed by atoms with Gasteiger partial charge in [0.05, 0.1) is 13.5 Å². The number of unbranched alkanes of at least 4 members (excludes halogenated alkanes) is 2. The van der Waals surface area contributed by atoms with Gasteiger partial charge in [-0.05, 0) is 36.6 Å². The third-order valence-electron chi connectivity index (χ3n) is 4.96. The van der Waals surface area contributed by atoms with Gasteiger partial charge in [0.1, 0.15) is 11.8 Å². The van der Waals surface area contributed by atoms with Crippen molar-refractivity contribution in [3.63, 3.8) is 0 Å². The number of hydrogen-bond acceptors (Lipinski definition) is 3. The Hall–Kier alpha value is -2.82. The van der Waals surface area contributed by atoms with Crippen molar-refractivity contribution in [2.75, 3.05) is 13.7 Å². The fraction of sp³-hybridized carbons (Fsp3) is 0.417. The molecule has 1 atom stereocenters. The van der Waals surface area contributed by atoms with Gasteiger partial charge in [0.25, 0.3) is 0 Å². The van der Waals surface area contributed by atoms with Crippen molar-refractivity contribution in [3.8, 4) is 5.75 Å². The van der Waals surface area contributed by atoms with Crippen molar-refractivity contribution >= 4 is 11.8 Å². The molecule has 0 fully saturated rings. The third-order valence-corrected chi connectivity index (χ3v) is 4.96. The summed E-state index contributed by atoms with van der Waals surface area (Å²) in [5.41, 5.74) is 1.89. The number of methoxy groups -OCH3 is 1. The van der Waals surface area contributed by atoms with Gasteiger partial charge in [0.15, 0.2) is 0 Å². The van der Waals surface area contributed by atoms with Gasteiger partial charge in [-0.3, -0.25) is 9.59 Å². The number of rotatable bonds is 11. The number of hydrogen-bond donors (Lipinski definition) is 1. The number of carbonyl (C=O) groups is 2. The summed E-state index contributed by atoms with van der Waals surface area (Å²) in [6, 6.07) is 16.7. The molecule has 2 aromatic rings. The number of nitrogens with one attached hydrogen (secondary N) is 1. The van der Waals surface area contributed by atoms with E-state index in [0.29, 0.717) is 13.1 Å². The van der Waals surface area contributed by atoms with E-state index in [1.807, 2.05) is 54.6 Å². The first kappa shape index (κ1) is 22.5. The Labute approximate surface area is 174 Å². The van der Waals surface area contributed by atoms with Crippen LogP contribution >= 0.6 is 0 Å². The molecule has 0 aliphatic rings. The summed E-state index contributed by atoms with van der Waals surface area (Å²) in [7, 11) is 1.62. The standard InChI is InChI=1S/C24H32N2O3/c1-4-5-9-16-25-24(28)19(2)26(18-21-12-14-22(29-3)15-13-21)23(27)17-20-10-7-6-8-11-20/h6-8,10-15,19H,4-5,9,16-18H2,1-3H3,(H,25,28)/t19-/m1/s1. The first-order chi connectivity index (χ1) is 14.0. The molecule has 156 valence electrons. The second-order valence-corrected chi connectivity index (χ2v) is 7.21. The first-order valence-electron chi connectivity index (χ1n) is 10.3. The first-order valence-corrected chi connectivity index (χ1v) is 10.3. The maximum atomic E-state index is 13.1. The molecule has 0 aliphatic heterocycles. The van der Waals surface area contributed by atoms with E-state index in [4.69, 9.17) is 4.74 Å². The van der Waals surface area contributed by atoms with E-state index < -0.39 is 6.04 Å². The van der Waals surface area contributed by atoms with Gasteiger partial charge in [-0.2, -0.15) is 0 Å². The number of nitrogens with zero attached hydrogens (tertiary/aromatic N) is 1. The molecule has 0 radical (unpaired) electrons. The highest BCUT2D eigenvalue weighted by atomic mass is 16.5. The average molecular weight is 397 g/mol. The van der Waals surface area contributed by atoms with Gasteiger partial charge in [-0.25, -0.2) is 0 Å². The van der Waals surface area contributed by atoms with E-state index in [2.05, 4.69) is 12.2 Å². The van der Waals surface area contributed by atoms with Crippen molar-refractivity contribution in [1.29, 1.82) is 0 Å². The monoisotopic (exact) mass is 396 g/mol. The van der Waals surface area contributed by atoms with Crippen LogP contribution in [0, 0.1) is 0 Å². The van der Waals surface area contributed by atoms with Crippen LogP contribution in [-0.4, -0.2) is 36.4 Å². The minimum atomic E-state index is -0.546. The molecule has 5 nitrogen and oxygen atoms in total. The van der Waals surface area contributed by atoms with E-state index >= 15 is 0 Å². The minimum absolute atomic E-state index is 0.0665. The van der Waals surface area contributed by atoms with Gasteiger partial charge in [0.2, 0.25) is 11.8 Å². The van der Waals surface area contributed by atoms with Gasteiger partial charge in [-0.1, -0.05) is 62.2 Å². The SMILES string of the molecule is CCCCCNC(=O)[C@@H](C)N(Cc1ccc(OC)cc1)C(=O)Cc1ccccc1. The smallest absolute Gasteiger partial charge is 0.242 e. The van der Waals surface area contributed by atoms with Crippen LogP contribution in [0.15, 0.2) is 54.6 Å². The lowest BCUT2D eigenvalue weighted by molar-refractivity contribution is -0.140.